The maximum Gasteiger partial charge on any atom is 0.227 e. The molecule has 10 rings (SSSR count). The Morgan fingerprint density at radius 3 is 1.02 bits per heavy atom. The lowest BCUT2D eigenvalue weighted by Gasteiger charge is -2.26. The molecule has 0 spiro atoms. The summed E-state index contributed by atoms with van der Waals surface area (Å²) < 4.78 is 12.1. The van der Waals surface area contributed by atoms with Crippen molar-refractivity contribution in [2.24, 2.45) is 0 Å². The zero-order valence-corrected chi connectivity index (χ0v) is 34.4. The number of aromatic nitrogens is 2. The molecule has 0 unspecified atom stereocenters. The second-order valence-electron chi connectivity index (χ2n) is 15.2. The molecule has 0 bridgehead atoms. The van der Waals surface area contributed by atoms with Crippen molar-refractivity contribution in [3.63, 3.8) is 0 Å². The molecule has 0 saturated carbocycles. The summed E-state index contributed by atoms with van der Waals surface area (Å²) in [5.74, 6) is 1.23. The van der Waals surface area contributed by atoms with E-state index >= 15 is 0 Å². The minimum Gasteiger partial charge on any atom is -0.436 e. The van der Waals surface area contributed by atoms with E-state index in [2.05, 4.69) is 181 Å². The Hall–Kier alpha value is -8.22. The van der Waals surface area contributed by atoms with Gasteiger partial charge in [-0.1, -0.05) is 97.1 Å². The van der Waals surface area contributed by atoms with E-state index in [9.17, 15) is 0 Å². The first-order chi connectivity index (χ1) is 30.5. The molecular weight excluding hydrogens is 761 g/mol. The molecule has 0 aliphatic heterocycles. The third kappa shape index (κ3) is 7.81. The van der Waals surface area contributed by atoms with Gasteiger partial charge in [0.15, 0.2) is 11.2 Å². The van der Waals surface area contributed by atoms with Gasteiger partial charge in [-0.3, -0.25) is 0 Å². The van der Waals surface area contributed by atoms with E-state index in [4.69, 9.17) is 18.8 Å². The predicted octanol–water partition coefficient (Wildman–Crippen LogP) is 15.7. The molecule has 2 aromatic heterocycles. The highest BCUT2D eigenvalue weighted by Crippen LogP contribution is 2.38. The van der Waals surface area contributed by atoms with Crippen molar-refractivity contribution >= 4 is 67.5 Å². The number of benzene rings is 8. The first kappa shape index (κ1) is 38.0. The highest BCUT2D eigenvalue weighted by atomic mass is 16.4. The van der Waals surface area contributed by atoms with Crippen LogP contribution in [0, 0.1) is 0 Å². The first-order valence-corrected chi connectivity index (χ1v) is 20.7. The molecule has 298 valence electrons. The number of para-hydroxylation sites is 6. The molecule has 10 aromatic rings. The zero-order chi connectivity index (χ0) is 41.8. The Labute approximate surface area is 361 Å². The summed E-state index contributed by atoms with van der Waals surface area (Å²) >= 11 is 0. The monoisotopic (exact) mass is 802 g/mol. The molecule has 0 aliphatic carbocycles. The fourth-order valence-electron chi connectivity index (χ4n) is 7.74. The van der Waals surface area contributed by atoms with Crippen molar-refractivity contribution in [1.82, 2.24) is 9.97 Å². The summed E-state index contributed by atoms with van der Waals surface area (Å²) in [5.41, 5.74) is 16.2. The smallest absolute Gasteiger partial charge is 0.227 e. The highest BCUT2D eigenvalue weighted by Gasteiger charge is 2.16. The van der Waals surface area contributed by atoms with Gasteiger partial charge in [-0.2, -0.15) is 0 Å². The summed E-state index contributed by atoms with van der Waals surface area (Å²) in [6.45, 7) is 4.32. The minimum absolute atomic E-state index is 0.614. The van der Waals surface area contributed by atoms with Gasteiger partial charge in [0.05, 0.1) is 0 Å². The Kier molecular flexibility index (Phi) is 10.3. The van der Waals surface area contributed by atoms with Crippen molar-refractivity contribution in [3.05, 3.63) is 230 Å². The van der Waals surface area contributed by atoms with Gasteiger partial charge in [0.2, 0.25) is 11.8 Å². The van der Waals surface area contributed by atoms with Crippen molar-refractivity contribution in [1.29, 1.82) is 0 Å². The lowest BCUT2D eigenvalue weighted by Crippen LogP contribution is -2.09. The summed E-state index contributed by atoms with van der Waals surface area (Å²) in [6, 6.07) is 70.9. The van der Waals surface area contributed by atoms with Crippen LogP contribution in [0.5, 0.6) is 0 Å². The average Bonchev–Trinajstić information content (AvgIpc) is 3.98. The molecule has 0 saturated heterocycles. The van der Waals surface area contributed by atoms with Gasteiger partial charge in [0.1, 0.15) is 11.0 Å². The van der Waals surface area contributed by atoms with Crippen LogP contribution in [0.2, 0.25) is 0 Å². The Morgan fingerprint density at radius 1 is 0.355 bits per heavy atom. The van der Waals surface area contributed by atoms with E-state index in [0.717, 1.165) is 78.6 Å². The number of anilines is 6. The number of nitrogens with zero attached hydrogens (tertiary/aromatic N) is 4. The predicted molar refractivity (Wildman–Crippen MR) is 256 cm³/mol. The summed E-state index contributed by atoms with van der Waals surface area (Å²) in [4.78, 5) is 13.9. The van der Waals surface area contributed by atoms with E-state index in [-0.39, 0.29) is 0 Å². The standard InChI is InChI=1S/C56H42N4O2/c1-39(41-23-31-47(32-24-41)59(45-13-5-3-6-14-45)49-35-27-43(28-36-49)55-57-51-17-9-11-19-53(51)61-55)21-22-40(2)42-25-33-48(34-26-42)60(46-15-7-4-8-16-46)50-37-29-44(30-38-50)56-58-52-18-10-12-20-54(52)62-56/h3-38H,1-2H3/b39-21+,40-22+. The normalized spacial score (nSPS) is 11.9. The molecule has 8 aromatic carbocycles. The topological polar surface area (TPSA) is 58.5 Å². The lowest BCUT2D eigenvalue weighted by molar-refractivity contribution is 0.619. The van der Waals surface area contributed by atoms with E-state index in [0.29, 0.717) is 11.8 Å². The van der Waals surface area contributed by atoms with Crippen LogP contribution >= 0.6 is 0 Å². The number of allylic oxidation sites excluding steroid dienone is 4. The Balaban J connectivity index is 0.866. The highest BCUT2D eigenvalue weighted by molar-refractivity contribution is 5.83. The Bertz CT molecular complexity index is 2880. The number of fused-ring (bicyclic) bond motifs is 2. The van der Waals surface area contributed by atoms with Gasteiger partial charge in [-0.25, -0.2) is 9.97 Å². The van der Waals surface area contributed by atoms with Crippen molar-refractivity contribution < 1.29 is 8.83 Å². The fourth-order valence-corrected chi connectivity index (χ4v) is 7.74. The third-order valence-electron chi connectivity index (χ3n) is 11.1. The molecule has 0 atom stereocenters. The van der Waals surface area contributed by atoms with Crippen molar-refractivity contribution in [2.75, 3.05) is 9.80 Å². The fraction of sp³-hybridized carbons (Fsp3) is 0.0357. The molecule has 0 amide bonds. The van der Waals surface area contributed by atoms with Gasteiger partial charge in [-0.15, -0.1) is 0 Å². The summed E-state index contributed by atoms with van der Waals surface area (Å²) in [6.07, 6.45) is 4.40. The largest absolute Gasteiger partial charge is 0.436 e. The number of rotatable bonds is 11. The summed E-state index contributed by atoms with van der Waals surface area (Å²) in [5, 5.41) is 0. The average molecular weight is 803 g/mol. The van der Waals surface area contributed by atoms with E-state index in [1.165, 1.54) is 11.1 Å². The first-order valence-electron chi connectivity index (χ1n) is 20.7. The SMILES string of the molecule is C/C(=C\C=C(/C)c1ccc(N(c2ccccc2)c2ccc(-c3nc4ccccc4o3)cc2)cc1)c1ccc(N(c2ccccc2)c2ccc(-c3nc4ccccc4o3)cc2)cc1. The van der Waals surface area contributed by atoms with Gasteiger partial charge < -0.3 is 18.6 Å². The second kappa shape index (κ2) is 16.8. The number of hydrogen-bond acceptors (Lipinski definition) is 6. The molecular formula is C56H42N4O2. The lowest BCUT2D eigenvalue weighted by atomic mass is 10.0. The van der Waals surface area contributed by atoms with E-state index in [1.54, 1.807) is 0 Å². The van der Waals surface area contributed by atoms with Crippen LogP contribution in [0.1, 0.15) is 25.0 Å². The Morgan fingerprint density at radius 2 is 0.661 bits per heavy atom. The molecule has 6 nitrogen and oxygen atoms in total. The molecule has 2 heterocycles. The summed E-state index contributed by atoms with van der Waals surface area (Å²) in [7, 11) is 0. The second-order valence-corrected chi connectivity index (χ2v) is 15.2. The van der Waals surface area contributed by atoms with Crippen LogP contribution < -0.4 is 9.80 Å². The van der Waals surface area contributed by atoms with Gasteiger partial charge in [-0.05, 0) is 157 Å². The van der Waals surface area contributed by atoms with Crippen LogP contribution in [0.3, 0.4) is 0 Å². The molecule has 6 heteroatoms. The quantitative estimate of drug-likeness (QED) is 0.121. The maximum atomic E-state index is 6.04. The number of oxazole rings is 2. The van der Waals surface area contributed by atoms with Crippen LogP contribution in [-0.2, 0) is 0 Å². The molecule has 0 radical (unpaired) electrons. The van der Waals surface area contributed by atoms with E-state index in [1.807, 2.05) is 60.7 Å². The number of hydrogen-bond donors (Lipinski definition) is 0. The minimum atomic E-state index is 0.614. The van der Waals surface area contributed by atoms with Gasteiger partial charge in [0.25, 0.3) is 0 Å². The van der Waals surface area contributed by atoms with E-state index < -0.39 is 0 Å². The van der Waals surface area contributed by atoms with Crippen molar-refractivity contribution in [3.8, 4) is 22.9 Å². The van der Waals surface area contributed by atoms with Crippen LogP contribution in [0.15, 0.2) is 227 Å². The van der Waals surface area contributed by atoms with Gasteiger partial charge in [0, 0.05) is 45.3 Å². The van der Waals surface area contributed by atoms with Crippen molar-refractivity contribution in [2.45, 2.75) is 13.8 Å². The maximum absolute atomic E-state index is 6.04. The third-order valence-corrected chi connectivity index (χ3v) is 11.1. The van der Waals surface area contributed by atoms with Crippen LogP contribution in [0.4, 0.5) is 34.1 Å². The molecule has 62 heavy (non-hydrogen) atoms. The van der Waals surface area contributed by atoms with Crippen LogP contribution in [-0.4, -0.2) is 9.97 Å². The zero-order valence-electron chi connectivity index (χ0n) is 34.4. The van der Waals surface area contributed by atoms with Gasteiger partial charge >= 0.3 is 0 Å². The molecule has 0 N–H and O–H groups in total. The molecule has 0 aliphatic rings. The van der Waals surface area contributed by atoms with Crippen LogP contribution in [0.25, 0.3) is 56.3 Å². The molecule has 0 fully saturated rings.